The molecule has 0 bridgehead atoms. The largest absolute Gasteiger partial charge is 0.382 e. The summed E-state index contributed by atoms with van der Waals surface area (Å²) in [5.41, 5.74) is 6.94. The highest BCUT2D eigenvalue weighted by Gasteiger charge is 2.14. The summed E-state index contributed by atoms with van der Waals surface area (Å²) in [7, 11) is 0. The predicted molar refractivity (Wildman–Crippen MR) is 69.4 cm³/mol. The third-order valence-corrected chi connectivity index (χ3v) is 2.68. The number of anilines is 1. The fourth-order valence-corrected chi connectivity index (χ4v) is 1.84. The van der Waals surface area contributed by atoms with Crippen molar-refractivity contribution in [1.82, 2.24) is 19.5 Å². The number of fused-ring (bicyclic) bond motifs is 1. The lowest BCUT2D eigenvalue weighted by atomic mass is 10.1. The van der Waals surface area contributed by atoms with Gasteiger partial charge in [-0.2, -0.15) is 0 Å². The summed E-state index contributed by atoms with van der Waals surface area (Å²) in [4.78, 5) is 35.0. The number of nitrogens with two attached hydrogens (primary N) is 1. The fourth-order valence-electron chi connectivity index (χ4n) is 1.84. The van der Waals surface area contributed by atoms with Gasteiger partial charge in [-0.3, -0.25) is 9.59 Å². The minimum absolute atomic E-state index is 0.00855. The third kappa shape index (κ3) is 2.75. The van der Waals surface area contributed by atoms with Crippen molar-refractivity contribution in [3.63, 3.8) is 0 Å². The number of nitrogen functional groups attached to an aromatic ring is 1. The van der Waals surface area contributed by atoms with Crippen LogP contribution in [0.3, 0.4) is 0 Å². The van der Waals surface area contributed by atoms with Gasteiger partial charge < -0.3 is 10.3 Å². The molecule has 2 rings (SSSR count). The molecule has 0 aliphatic rings. The Morgan fingerprint density at radius 3 is 2.74 bits per heavy atom. The van der Waals surface area contributed by atoms with Gasteiger partial charge in [0, 0.05) is 6.54 Å². The number of hydrogen-bond acceptors (Lipinski definition) is 6. The molecule has 7 nitrogen and oxygen atoms in total. The monoisotopic (exact) mass is 261 g/mol. The van der Waals surface area contributed by atoms with E-state index in [1.165, 1.54) is 6.92 Å². The van der Waals surface area contributed by atoms with Crippen LogP contribution in [-0.4, -0.2) is 31.1 Å². The molecule has 0 saturated carbocycles. The van der Waals surface area contributed by atoms with Crippen molar-refractivity contribution in [3.8, 4) is 0 Å². The van der Waals surface area contributed by atoms with E-state index < -0.39 is 0 Å². The number of ketones is 2. The Balaban J connectivity index is 2.34. The molecule has 2 aromatic rings. The van der Waals surface area contributed by atoms with Gasteiger partial charge in [0.25, 0.3) is 0 Å². The maximum absolute atomic E-state index is 11.6. The third-order valence-electron chi connectivity index (χ3n) is 2.68. The predicted octanol–water partition coefficient (Wildman–Crippen LogP) is 0.519. The van der Waals surface area contributed by atoms with Crippen LogP contribution in [0.5, 0.6) is 0 Å². The molecule has 2 aromatic heterocycles. The van der Waals surface area contributed by atoms with Crippen molar-refractivity contribution in [2.45, 2.75) is 33.2 Å². The first-order chi connectivity index (χ1) is 9.01. The quantitative estimate of drug-likeness (QED) is 0.787. The molecular formula is C12H15N5O2. The van der Waals surface area contributed by atoms with Crippen molar-refractivity contribution in [1.29, 1.82) is 0 Å². The van der Waals surface area contributed by atoms with E-state index in [1.54, 1.807) is 6.33 Å². The summed E-state index contributed by atoms with van der Waals surface area (Å²) < 4.78 is 1.83. The lowest BCUT2D eigenvalue weighted by Crippen LogP contribution is -2.11. The minimum Gasteiger partial charge on any atom is -0.382 e. The number of carbonyl (C=O) groups excluding carboxylic acids is 2. The number of Topliss-reactive ketones (excluding diaryl/α,β-unsaturated/α-hetero) is 2. The molecule has 0 fully saturated rings. The number of nitrogens with zero attached hydrogens (tertiary/aromatic N) is 4. The van der Waals surface area contributed by atoms with E-state index in [1.807, 2.05) is 11.5 Å². The van der Waals surface area contributed by atoms with Crippen molar-refractivity contribution >= 4 is 28.5 Å². The van der Waals surface area contributed by atoms with Crippen LogP contribution in [0.2, 0.25) is 0 Å². The second-order valence-electron chi connectivity index (χ2n) is 4.32. The Kier molecular flexibility index (Phi) is 3.55. The molecule has 0 saturated heterocycles. The molecular weight excluding hydrogens is 246 g/mol. The second kappa shape index (κ2) is 5.13. The summed E-state index contributed by atoms with van der Waals surface area (Å²) in [6.07, 6.45) is 1.54. The molecule has 100 valence electrons. The molecule has 2 heterocycles. The number of aryl methyl sites for hydroxylation is 1. The van der Waals surface area contributed by atoms with E-state index in [4.69, 9.17) is 5.73 Å². The van der Waals surface area contributed by atoms with E-state index in [-0.39, 0.29) is 30.2 Å². The topological polar surface area (TPSA) is 104 Å². The van der Waals surface area contributed by atoms with Crippen molar-refractivity contribution < 1.29 is 9.59 Å². The van der Waals surface area contributed by atoms with Crippen LogP contribution in [0.4, 0.5) is 5.82 Å². The number of imidazole rings is 1. The van der Waals surface area contributed by atoms with Gasteiger partial charge in [0.1, 0.15) is 22.9 Å². The zero-order valence-corrected chi connectivity index (χ0v) is 10.9. The van der Waals surface area contributed by atoms with Crippen LogP contribution < -0.4 is 5.73 Å². The van der Waals surface area contributed by atoms with Gasteiger partial charge in [0.15, 0.2) is 11.5 Å². The zero-order chi connectivity index (χ0) is 14.0. The maximum atomic E-state index is 11.6. The first-order valence-electron chi connectivity index (χ1n) is 5.99. The van der Waals surface area contributed by atoms with Crippen LogP contribution in [0, 0.1) is 0 Å². The molecule has 2 N–H and O–H groups in total. The van der Waals surface area contributed by atoms with Gasteiger partial charge in [-0.1, -0.05) is 0 Å². The Labute approximate surface area is 109 Å². The average Bonchev–Trinajstić information content (AvgIpc) is 2.71. The average molecular weight is 261 g/mol. The molecule has 0 aromatic carbocycles. The van der Waals surface area contributed by atoms with Gasteiger partial charge in [0.2, 0.25) is 0 Å². The van der Waals surface area contributed by atoms with E-state index in [0.717, 1.165) is 0 Å². The molecule has 0 atom stereocenters. The first kappa shape index (κ1) is 13.1. The van der Waals surface area contributed by atoms with E-state index in [0.29, 0.717) is 23.5 Å². The molecule has 0 aliphatic carbocycles. The van der Waals surface area contributed by atoms with E-state index in [9.17, 15) is 9.59 Å². The summed E-state index contributed by atoms with van der Waals surface area (Å²) in [5, 5.41) is 0. The van der Waals surface area contributed by atoms with E-state index in [2.05, 4.69) is 15.0 Å². The van der Waals surface area contributed by atoms with Crippen LogP contribution >= 0.6 is 0 Å². The highest BCUT2D eigenvalue weighted by Crippen LogP contribution is 2.16. The summed E-state index contributed by atoms with van der Waals surface area (Å²) in [6.45, 7) is 4.04. The Morgan fingerprint density at radius 1 is 1.37 bits per heavy atom. The normalized spacial score (nSPS) is 10.8. The zero-order valence-electron chi connectivity index (χ0n) is 10.9. The first-order valence-corrected chi connectivity index (χ1v) is 5.99. The highest BCUT2D eigenvalue weighted by atomic mass is 16.1. The van der Waals surface area contributed by atoms with Gasteiger partial charge in [0.05, 0.1) is 19.2 Å². The van der Waals surface area contributed by atoms with Crippen LogP contribution in [0.15, 0.2) is 6.33 Å². The Hall–Kier alpha value is -2.31. The molecule has 0 radical (unpaired) electrons. The van der Waals surface area contributed by atoms with Crippen LogP contribution in [-0.2, 0) is 22.6 Å². The number of rotatable bonds is 5. The standard InChI is InChI=1S/C12H15N5O2/c1-3-17-6-14-10-11(13)15-9(16-12(10)17)5-8(19)4-7(2)18/h6H,3-5H2,1-2H3,(H2,13,15,16). The Morgan fingerprint density at radius 2 is 2.11 bits per heavy atom. The number of aromatic nitrogens is 4. The molecule has 0 unspecified atom stereocenters. The lowest BCUT2D eigenvalue weighted by molar-refractivity contribution is -0.125. The Bertz CT molecular complexity index is 647. The fraction of sp³-hybridized carbons (Fsp3) is 0.417. The van der Waals surface area contributed by atoms with Gasteiger partial charge in [-0.25, -0.2) is 15.0 Å². The van der Waals surface area contributed by atoms with Crippen LogP contribution in [0.1, 0.15) is 26.1 Å². The molecule has 19 heavy (non-hydrogen) atoms. The summed E-state index contributed by atoms with van der Waals surface area (Å²) in [5.74, 6) is 0.195. The number of carbonyl (C=O) groups is 2. The minimum atomic E-state index is -0.214. The smallest absolute Gasteiger partial charge is 0.165 e. The molecule has 0 aliphatic heterocycles. The van der Waals surface area contributed by atoms with Crippen molar-refractivity contribution in [2.75, 3.05) is 5.73 Å². The lowest BCUT2D eigenvalue weighted by Gasteiger charge is -2.03. The van der Waals surface area contributed by atoms with Gasteiger partial charge >= 0.3 is 0 Å². The molecule has 0 amide bonds. The SMILES string of the molecule is CCn1cnc2c(N)nc(CC(=O)CC(C)=O)nc21. The molecule has 7 heteroatoms. The summed E-state index contributed by atoms with van der Waals surface area (Å²) >= 11 is 0. The highest BCUT2D eigenvalue weighted by molar-refractivity contribution is 5.98. The van der Waals surface area contributed by atoms with Gasteiger partial charge in [-0.05, 0) is 13.8 Å². The second-order valence-corrected chi connectivity index (χ2v) is 4.32. The summed E-state index contributed by atoms with van der Waals surface area (Å²) in [6, 6.07) is 0. The van der Waals surface area contributed by atoms with Gasteiger partial charge in [-0.15, -0.1) is 0 Å². The van der Waals surface area contributed by atoms with Crippen molar-refractivity contribution in [3.05, 3.63) is 12.2 Å². The van der Waals surface area contributed by atoms with Crippen LogP contribution in [0.25, 0.3) is 11.2 Å². The maximum Gasteiger partial charge on any atom is 0.165 e. The number of hydrogen-bond donors (Lipinski definition) is 1. The molecule has 0 spiro atoms. The van der Waals surface area contributed by atoms with Crippen molar-refractivity contribution in [2.24, 2.45) is 0 Å². The van der Waals surface area contributed by atoms with E-state index >= 15 is 0 Å².